The number of benzene rings is 1. The van der Waals surface area contributed by atoms with Crippen molar-refractivity contribution in [3.8, 4) is 0 Å². The number of rotatable bonds is 5. The van der Waals surface area contributed by atoms with Crippen LogP contribution in [0.15, 0.2) is 30.5 Å². The summed E-state index contributed by atoms with van der Waals surface area (Å²) in [6, 6.07) is 8.49. The third-order valence-electron chi connectivity index (χ3n) is 3.26. The molecule has 18 heavy (non-hydrogen) atoms. The molecule has 0 unspecified atom stereocenters. The Labute approximate surface area is 109 Å². The molecule has 0 amide bonds. The van der Waals surface area contributed by atoms with Gasteiger partial charge in [0, 0.05) is 31.4 Å². The Bertz CT molecular complexity index is 514. The van der Waals surface area contributed by atoms with Crippen molar-refractivity contribution in [3.05, 3.63) is 52.8 Å². The second kappa shape index (κ2) is 5.83. The van der Waals surface area contributed by atoms with Crippen molar-refractivity contribution in [3.63, 3.8) is 0 Å². The largest absolute Gasteiger partial charge is 0.308 e. The first-order valence-electron chi connectivity index (χ1n) is 6.49. The van der Waals surface area contributed by atoms with Crippen molar-refractivity contribution in [1.82, 2.24) is 15.1 Å². The molecule has 96 valence electrons. The zero-order valence-electron chi connectivity index (χ0n) is 11.4. The van der Waals surface area contributed by atoms with Crippen molar-refractivity contribution < 1.29 is 0 Å². The first-order valence-corrected chi connectivity index (χ1v) is 6.49. The van der Waals surface area contributed by atoms with Gasteiger partial charge in [0.25, 0.3) is 0 Å². The highest BCUT2D eigenvalue weighted by Gasteiger charge is 2.03. The summed E-state index contributed by atoms with van der Waals surface area (Å²) in [5.41, 5.74) is 5.10. The molecule has 0 spiro atoms. The quantitative estimate of drug-likeness (QED) is 0.875. The Kier molecular flexibility index (Phi) is 4.15. The van der Waals surface area contributed by atoms with E-state index in [2.05, 4.69) is 61.6 Å². The molecule has 1 aromatic heterocycles. The molecule has 0 saturated carbocycles. The van der Waals surface area contributed by atoms with E-state index in [9.17, 15) is 0 Å². The molecule has 3 heteroatoms. The summed E-state index contributed by atoms with van der Waals surface area (Å²) in [7, 11) is 0. The minimum Gasteiger partial charge on any atom is -0.308 e. The molecular weight excluding hydrogens is 222 g/mol. The molecule has 2 aromatic rings. The van der Waals surface area contributed by atoms with Crippen molar-refractivity contribution in [2.45, 2.75) is 40.4 Å². The summed E-state index contributed by atoms with van der Waals surface area (Å²) in [4.78, 5) is 0. The molecule has 0 atom stereocenters. The van der Waals surface area contributed by atoms with Crippen LogP contribution in [-0.2, 0) is 19.6 Å². The second-order valence-corrected chi connectivity index (χ2v) is 4.63. The first kappa shape index (κ1) is 12.8. The summed E-state index contributed by atoms with van der Waals surface area (Å²) in [6.45, 7) is 9.04. The van der Waals surface area contributed by atoms with Gasteiger partial charge >= 0.3 is 0 Å². The Morgan fingerprint density at radius 2 is 1.83 bits per heavy atom. The fourth-order valence-corrected chi connectivity index (χ4v) is 2.03. The number of nitrogens with one attached hydrogen (secondary N) is 1. The molecule has 0 saturated heterocycles. The molecule has 0 bridgehead atoms. The first-order chi connectivity index (χ1) is 8.70. The van der Waals surface area contributed by atoms with Crippen LogP contribution in [0, 0.1) is 13.8 Å². The van der Waals surface area contributed by atoms with Gasteiger partial charge in [-0.2, -0.15) is 5.10 Å². The van der Waals surface area contributed by atoms with Crippen LogP contribution in [0.3, 0.4) is 0 Å². The van der Waals surface area contributed by atoms with Gasteiger partial charge in [0.2, 0.25) is 0 Å². The van der Waals surface area contributed by atoms with Crippen molar-refractivity contribution in [2.75, 3.05) is 0 Å². The maximum Gasteiger partial charge on any atom is 0.0638 e. The third-order valence-corrected chi connectivity index (χ3v) is 3.26. The van der Waals surface area contributed by atoms with Gasteiger partial charge in [-0.1, -0.05) is 24.3 Å². The monoisotopic (exact) mass is 243 g/mol. The van der Waals surface area contributed by atoms with Crippen LogP contribution in [0.1, 0.15) is 29.3 Å². The number of hydrogen-bond donors (Lipinski definition) is 1. The van der Waals surface area contributed by atoms with E-state index in [1.165, 1.54) is 16.7 Å². The summed E-state index contributed by atoms with van der Waals surface area (Å²) < 4.78 is 1.99. The lowest BCUT2D eigenvalue weighted by Gasteiger charge is -2.06. The summed E-state index contributed by atoms with van der Waals surface area (Å²) in [5.74, 6) is 0. The lowest BCUT2D eigenvalue weighted by Crippen LogP contribution is -2.13. The highest BCUT2D eigenvalue weighted by Crippen LogP contribution is 2.08. The predicted molar refractivity (Wildman–Crippen MR) is 74.4 cm³/mol. The van der Waals surface area contributed by atoms with Gasteiger partial charge in [-0.05, 0) is 31.9 Å². The normalized spacial score (nSPS) is 10.8. The van der Waals surface area contributed by atoms with Crippen LogP contribution in [0.25, 0.3) is 0 Å². The number of aromatic nitrogens is 2. The maximum absolute atomic E-state index is 4.45. The minimum absolute atomic E-state index is 0.875. The molecule has 1 N–H and O–H groups in total. The van der Waals surface area contributed by atoms with Gasteiger partial charge in [-0.25, -0.2) is 0 Å². The molecule has 0 aliphatic rings. The molecule has 1 aromatic carbocycles. The zero-order valence-corrected chi connectivity index (χ0v) is 11.4. The molecular formula is C15H21N3. The summed E-state index contributed by atoms with van der Waals surface area (Å²) in [6.07, 6.45) is 2.13. The van der Waals surface area contributed by atoms with Crippen LogP contribution in [-0.4, -0.2) is 9.78 Å². The smallest absolute Gasteiger partial charge is 0.0638 e. The van der Waals surface area contributed by atoms with Crippen molar-refractivity contribution >= 4 is 0 Å². The SMILES string of the molecule is CCn1cc(CNCc2ccccc2C)c(C)n1. The standard InChI is InChI=1S/C15H21N3/c1-4-18-11-15(13(3)17-18)10-16-9-14-8-6-5-7-12(14)2/h5-8,11,16H,4,9-10H2,1-3H3. The lowest BCUT2D eigenvalue weighted by molar-refractivity contribution is 0.651. The van der Waals surface area contributed by atoms with E-state index in [0.717, 1.165) is 25.3 Å². The van der Waals surface area contributed by atoms with E-state index in [-0.39, 0.29) is 0 Å². The Morgan fingerprint density at radius 1 is 1.11 bits per heavy atom. The molecule has 0 aliphatic carbocycles. The third kappa shape index (κ3) is 2.99. The predicted octanol–water partition coefficient (Wildman–Crippen LogP) is 2.81. The van der Waals surface area contributed by atoms with E-state index < -0.39 is 0 Å². The van der Waals surface area contributed by atoms with Crippen LogP contribution in [0.4, 0.5) is 0 Å². The topological polar surface area (TPSA) is 29.9 Å². The number of aryl methyl sites for hydroxylation is 3. The highest BCUT2D eigenvalue weighted by molar-refractivity contribution is 5.25. The number of nitrogens with zero attached hydrogens (tertiary/aromatic N) is 2. The van der Waals surface area contributed by atoms with Crippen LogP contribution >= 0.6 is 0 Å². The lowest BCUT2D eigenvalue weighted by atomic mass is 10.1. The molecule has 0 radical (unpaired) electrons. The van der Waals surface area contributed by atoms with Gasteiger partial charge in [-0.15, -0.1) is 0 Å². The zero-order chi connectivity index (χ0) is 13.0. The molecule has 3 nitrogen and oxygen atoms in total. The van der Waals surface area contributed by atoms with E-state index >= 15 is 0 Å². The maximum atomic E-state index is 4.45. The molecule has 0 aliphatic heterocycles. The minimum atomic E-state index is 0.875. The highest BCUT2D eigenvalue weighted by atomic mass is 15.3. The van der Waals surface area contributed by atoms with Gasteiger partial charge in [0.05, 0.1) is 5.69 Å². The Hall–Kier alpha value is -1.61. The van der Waals surface area contributed by atoms with Crippen molar-refractivity contribution in [2.24, 2.45) is 0 Å². The Morgan fingerprint density at radius 3 is 2.50 bits per heavy atom. The van der Waals surface area contributed by atoms with Gasteiger partial charge in [-0.3, -0.25) is 4.68 Å². The van der Waals surface area contributed by atoms with Crippen LogP contribution < -0.4 is 5.32 Å². The fourth-order valence-electron chi connectivity index (χ4n) is 2.03. The van der Waals surface area contributed by atoms with E-state index in [4.69, 9.17) is 0 Å². The molecule has 2 rings (SSSR count). The van der Waals surface area contributed by atoms with E-state index in [0.29, 0.717) is 0 Å². The molecule has 0 fully saturated rings. The molecule has 1 heterocycles. The Balaban J connectivity index is 1.92. The summed E-state index contributed by atoms with van der Waals surface area (Å²) in [5, 5.41) is 7.93. The average molecular weight is 243 g/mol. The van der Waals surface area contributed by atoms with Crippen LogP contribution in [0.5, 0.6) is 0 Å². The van der Waals surface area contributed by atoms with E-state index in [1.807, 2.05) is 4.68 Å². The average Bonchev–Trinajstić information content (AvgIpc) is 2.73. The fraction of sp³-hybridized carbons (Fsp3) is 0.400. The van der Waals surface area contributed by atoms with Gasteiger partial charge in [0.15, 0.2) is 0 Å². The summed E-state index contributed by atoms with van der Waals surface area (Å²) >= 11 is 0. The number of hydrogen-bond acceptors (Lipinski definition) is 2. The van der Waals surface area contributed by atoms with Crippen molar-refractivity contribution in [1.29, 1.82) is 0 Å². The van der Waals surface area contributed by atoms with Gasteiger partial charge < -0.3 is 5.32 Å². The second-order valence-electron chi connectivity index (χ2n) is 4.63. The van der Waals surface area contributed by atoms with Gasteiger partial charge in [0.1, 0.15) is 0 Å². The van der Waals surface area contributed by atoms with Crippen LogP contribution in [0.2, 0.25) is 0 Å². The van der Waals surface area contributed by atoms with E-state index in [1.54, 1.807) is 0 Å².